The molecule has 0 aliphatic carbocycles. The lowest BCUT2D eigenvalue weighted by Gasteiger charge is -2.10. The molecule has 0 aromatic rings. The van der Waals surface area contributed by atoms with E-state index in [1.165, 1.54) is 0 Å². The lowest BCUT2D eigenvalue weighted by atomic mass is 10.1. The largest absolute Gasteiger partial charge is 0.393 e. The highest BCUT2D eigenvalue weighted by molar-refractivity contribution is 4.68. The number of nitrogens with one attached hydrogen (secondary N) is 1. The number of aliphatic hydroxyl groups excluding tert-OH is 1. The Labute approximate surface area is 61.7 Å². The van der Waals surface area contributed by atoms with E-state index in [-0.39, 0.29) is 6.10 Å². The summed E-state index contributed by atoms with van der Waals surface area (Å²) in [5.74, 6) is 0.361. The van der Waals surface area contributed by atoms with Gasteiger partial charge in [0.1, 0.15) is 0 Å². The molecule has 0 rings (SSSR count). The Kier molecular flexibility index (Phi) is 4.69. The molecule has 2 unspecified atom stereocenters. The van der Waals surface area contributed by atoms with Crippen molar-refractivity contribution in [2.45, 2.75) is 26.4 Å². The van der Waals surface area contributed by atoms with Gasteiger partial charge < -0.3 is 10.4 Å². The van der Waals surface area contributed by atoms with E-state index in [1.807, 2.05) is 13.1 Å². The summed E-state index contributed by atoms with van der Waals surface area (Å²) < 4.78 is 0. The van der Waals surface area contributed by atoms with Gasteiger partial charge in [-0.3, -0.25) is 0 Å². The Morgan fingerprint density at radius 1 is 1.60 bits per heavy atom. The smallest absolute Gasteiger partial charge is 0.176 e. The van der Waals surface area contributed by atoms with Gasteiger partial charge in [-0.1, -0.05) is 6.92 Å². The zero-order valence-electron chi connectivity index (χ0n) is 6.46. The predicted octanol–water partition coefficient (Wildman–Crippen LogP) is 0.464. The van der Waals surface area contributed by atoms with Crippen LogP contribution in [0.2, 0.25) is 0 Å². The molecule has 0 saturated carbocycles. The molecule has 0 aliphatic rings. The Hall–Kier alpha value is -0.750. The average Bonchev–Trinajstić information content (AvgIpc) is 1.82. The van der Waals surface area contributed by atoms with E-state index in [2.05, 4.69) is 5.32 Å². The molecular weight excluding hydrogens is 128 g/mol. The molecule has 0 aliphatic heterocycles. The second-order valence-corrected chi connectivity index (χ2v) is 2.68. The highest BCUT2D eigenvalue weighted by Crippen LogP contribution is 2.03. The van der Waals surface area contributed by atoms with Gasteiger partial charge in [0.2, 0.25) is 0 Å². The molecule has 0 radical (unpaired) electrons. The van der Waals surface area contributed by atoms with Crippen LogP contribution in [0.1, 0.15) is 20.3 Å². The van der Waals surface area contributed by atoms with Crippen molar-refractivity contribution in [2.24, 2.45) is 5.92 Å². The quantitative estimate of drug-likeness (QED) is 0.443. The summed E-state index contributed by atoms with van der Waals surface area (Å²) >= 11 is 0. The van der Waals surface area contributed by atoms with E-state index >= 15 is 0 Å². The minimum atomic E-state index is -0.268. The Balaban J connectivity index is 3.27. The van der Waals surface area contributed by atoms with Crippen molar-refractivity contribution in [1.29, 1.82) is 5.26 Å². The molecule has 3 nitrogen and oxygen atoms in total. The number of nitriles is 1. The van der Waals surface area contributed by atoms with Crippen molar-refractivity contribution in [1.82, 2.24) is 5.32 Å². The topological polar surface area (TPSA) is 56.0 Å². The Morgan fingerprint density at radius 3 is 2.60 bits per heavy atom. The van der Waals surface area contributed by atoms with Crippen molar-refractivity contribution < 1.29 is 5.11 Å². The normalized spacial score (nSPS) is 15.4. The molecule has 2 N–H and O–H groups in total. The maximum absolute atomic E-state index is 8.91. The first-order valence-electron chi connectivity index (χ1n) is 3.46. The summed E-state index contributed by atoms with van der Waals surface area (Å²) in [6, 6.07) is 0. The number of hydrogen-bond donors (Lipinski definition) is 2. The third kappa shape index (κ3) is 5.39. The fourth-order valence-corrected chi connectivity index (χ4v) is 0.886. The summed E-state index contributed by atoms with van der Waals surface area (Å²) in [5, 5.41) is 19.6. The second kappa shape index (κ2) is 5.07. The summed E-state index contributed by atoms with van der Waals surface area (Å²) in [5.41, 5.74) is 0. The standard InChI is InChI=1S/C7H14N2O/c1-6(3-7(2)10)4-9-5-8/h6-7,9-10H,3-4H2,1-2H3. The van der Waals surface area contributed by atoms with Crippen molar-refractivity contribution in [3.8, 4) is 6.19 Å². The lowest BCUT2D eigenvalue weighted by Crippen LogP contribution is -2.19. The lowest BCUT2D eigenvalue weighted by molar-refractivity contribution is 0.164. The zero-order valence-corrected chi connectivity index (χ0v) is 6.46. The molecule has 0 aromatic carbocycles. The van der Waals surface area contributed by atoms with Gasteiger partial charge >= 0.3 is 0 Å². The average molecular weight is 142 g/mol. The molecule has 0 bridgehead atoms. The number of rotatable bonds is 4. The van der Waals surface area contributed by atoms with Gasteiger partial charge in [0.15, 0.2) is 6.19 Å². The monoisotopic (exact) mass is 142 g/mol. The van der Waals surface area contributed by atoms with Crippen LogP contribution in [-0.2, 0) is 0 Å². The predicted molar refractivity (Wildman–Crippen MR) is 39.1 cm³/mol. The van der Waals surface area contributed by atoms with Crippen LogP contribution >= 0.6 is 0 Å². The summed E-state index contributed by atoms with van der Waals surface area (Å²) in [6.45, 7) is 4.40. The highest BCUT2D eigenvalue weighted by atomic mass is 16.3. The van der Waals surface area contributed by atoms with E-state index in [1.54, 1.807) is 6.92 Å². The van der Waals surface area contributed by atoms with E-state index in [0.717, 1.165) is 6.42 Å². The molecule has 3 heteroatoms. The van der Waals surface area contributed by atoms with Gasteiger partial charge in [0.05, 0.1) is 6.10 Å². The van der Waals surface area contributed by atoms with Gasteiger partial charge in [0.25, 0.3) is 0 Å². The first kappa shape index (κ1) is 9.25. The highest BCUT2D eigenvalue weighted by Gasteiger charge is 2.04. The molecule has 10 heavy (non-hydrogen) atoms. The van der Waals surface area contributed by atoms with Gasteiger partial charge in [-0.15, -0.1) is 0 Å². The van der Waals surface area contributed by atoms with Gasteiger partial charge in [-0.05, 0) is 19.3 Å². The fourth-order valence-electron chi connectivity index (χ4n) is 0.886. The molecule has 0 heterocycles. The van der Waals surface area contributed by atoms with E-state index in [0.29, 0.717) is 12.5 Å². The number of aliphatic hydroxyl groups is 1. The minimum absolute atomic E-state index is 0.268. The first-order chi connectivity index (χ1) is 4.66. The first-order valence-corrected chi connectivity index (χ1v) is 3.46. The van der Waals surface area contributed by atoms with Crippen molar-refractivity contribution in [2.75, 3.05) is 6.54 Å². The SMILES string of the molecule is CC(O)CC(C)CNC#N. The number of hydrogen-bond acceptors (Lipinski definition) is 3. The Bertz CT molecular complexity index is 117. The number of nitrogens with zero attached hydrogens (tertiary/aromatic N) is 1. The summed E-state index contributed by atoms with van der Waals surface area (Å²) in [7, 11) is 0. The summed E-state index contributed by atoms with van der Waals surface area (Å²) in [4.78, 5) is 0. The van der Waals surface area contributed by atoms with E-state index < -0.39 is 0 Å². The van der Waals surface area contributed by atoms with Crippen LogP contribution in [0.25, 0.3) is 0 Å². The van der Waals surface area contributed by atoms with Crippen LogP contribution in [0.15, 0.2) is 0 Å². The Morgan fingerprint density at radius 2 is 2.20 bits per heavy atom. The van der Waals surface area contributed by atoms with Crippen LogP contribution in [0.3, 0.4) is 0 Å². The maximum Gasteiger partial charge on any atom is 0.176 e. The van der Waals surface area contributed by atoms with Gasteiger partial charge in [-0.25, -0.2) is 0 Å². The van der Waals surface area contributed by atoms with Gasteiger partial charge in [0, 0.05) is 6.54 Å². The molecule has 58 valence electrons. The molecule has 2 atom stereocenters. The van der Waals surface area contributed by atoms with Gasteiger partial charge in [-0.2, -0.15) is 5.26 Å². The molecule has 0 aromatic heterocycles. The van der Waals surface area contributed by atoms with Crippen LogP contribution in [0.4, 0.5) is 0 Å². The fraction of sp³-hybridized carbons (Fsp3) is 0.857. The summed E-state index contributed by atoms with van der Waals surface area (Å²) in [6.07, 6.45) is 2.32. The minimum Gasteiger partial charge on any atom is -0.393 e. The van der Waals surface area contributed by atoms with E-state index in [4.69, 9.17) is 10.4 Å². The van der Waals surface area contributed by atoms with Crippen molar-refractivity contribution in [3.05, 3.63) is 0 Å². The molecule has 0 amide bonds. The third-order valence-corrected chi connectivity index (χ3v) is 1.27. The van der Waals surface area contributed by atoms with Crippen LogP contribution < -0.4 is 5.32 Å². The molecule has 0 fully saturated rings. The van der Waals surface area contributed by atoms with Crippen LogP contribution in [0, 0.1) is 17.4 Å². The van der Waals surface area contributed by atoms with Crippen LogP contribution in [0.5, 0.6) is 0 Å². The zero-order chi connectivity index (χ0) is 7.98. The van der Waals surface area contributed by atoms with Crippen molar-refractivity contribution >= 4 is 0 Å². The molecule has 0 saturated heterocycles. The molecular formula is C7H14N2O. The van der Waals surface area contributed by atoms with E-state index in [9.17, 15) is 0 Å². The second-order valence-electron chi connectivity index (χ2n) is 2.68. The third-order valence-electron chi connectivity index (χ3n) is 1.27. The van der Waals surface area contributed by atoms with Crippen LogP contribution in [-0.4, -0.2) is 17.8 Å². The molecule has 0 spiro atoms. The van der Waals surface area contributed by atoms with Crippen molar-refractivity contribution in [3.63, 3.8) is 0 Å². The maximum atomic E-state index is 8.91.